The van der Waals surface area contributed by atoms with E-state index in [9.17, 15) is 14.4 Å². The molecule has 3 aliphatic rings. The van der Waals surface area contributed by atoms with E-state index in [0.29, 0.717) is 19.5 Å². The van der Waals surface area contributed by atoms with E-state index in [4.69, 9.17) is 14.6 Å². The van der Waals surface area contributed by atoms with Gasteiger partial charge in [-0.1, -0.05) is 42.1 Å². The zero-order valence-corrected chi connectivity index (χ0v) is 20.1. The summed E-state index contributed by atoms with van der Waals surface area (Å²) < 4.78 is 11.6. The molecule has 3 aliphatic heterocycles. The number of carbonyl (C=O) groups excluding carboxylic acids is 3. The van der Waals surface area contributed by atoms with Crippen LogP contribution >= 0.6 is 15.9 Å². The Kier molecular flexibility index (Phi) is 8.37. The Balaban J connectivity index is 1.86. The van der Waals surface area contributed by atoms with Crippen molar-refractivity contribution in [2.75, 3.05) is 26.3 Å². The van der Waals surface area contributed by atoms with Crippen molar-refractivity contribution in [3.05, 3.63) is 0 Å². The fourth-order valence-corrected chi connectivity index (χ4v) is 6.35. The van der Waals surface area contributed by atoms with Gasteiger partial charge in [0.15, 0.2) is 0 Å². The van der Waals surface area contributed by atoms with Crippen LogP contribution in [0.4, 0.5) is 0 Å². The van der Waals surface area contributed by atoms with Crippen LogP contribution in [-0.4, -0.2) is 76.7 Å². The number of carbonyl (C=O) groups is 3. The van der Waals surface area contributed by atoms with Gasteiger partial charge in [-0.3, -0.25) is 14.4 Å². The average molecular weight is 503 g/mol. The molecular formula is C22H35BrN2O6. The number of esters is 1. The van der Waals surface area contributed by atoms with Gasteiger partial charge in [-0.25, -0.2) is 0 Å². The minimum Gasteiger partial charge on any atom is -0.466 e. The van der Waals surface area contributed by atoms with Crippen molar-refractivity contribution in [1.29, 1.82) is 0 Å². The fraction of sp³-hybridized carbons (Fsp3) is 0.864. The van der Waals surface area contributed by atoms with Gasteiger partial charge in [-0.2, -0.15) is 0 Å². The number of alkyl halides is 1. The Hall–Kier alpha value is -1.19. The summed E-state index contributed by atoms with van der Waals surface area (Å²) in [6.45, 7) is 5.17. The first-order valence-corrected chi connectivity index (χ1v) is 12.5. The van der Waals surface area contributed by atoms with Gasteiger partial charge in [-0.05, 0) is 32.6 Å². The number of hydrogen-bond donors (Lipinski definition) is 2. The van der Waals surface area contributed by atoms with Crippen LogP contribution in [0.2, 0.25) is 0 Å². The molecule has 3 rings (SSSR count). The van der Waals surface area contributed by atoms with Crippen molar-refractivity contribution in [3.8, 4) is 0 Å². The summed E-state index contributed by atoms with van der Waals surface area (Å²) in [7, 11) is 0. The second kappa shape index (κ2) is 10.6. The van der Waals surface area contributed by atoms with Gasteiger partial charge in [0.05, 0.1) is 24.5 Å². The lowest BCUT2D eigenvalue weighted by Crippen LogP contribution is -2.56. The van der Waals surface area contributed by atoms with Gasteiger partial charge in [-0.15, -0.1) is 0 Å². The molecular weight excluding hydrogens is 468 g/mol. The number of amides is 2. The molecule has 0 aliphatic carbocycles. The zero-order valence-electron chi connectivity index (χ0n) is 18.5. The Morgan fingerprint density at radius 3 is 2.68 bits per heavy atom. The summed E-state index contributed by atoms with van der Waals surface area (Å²) >= 11 is 3.63. The molecule has 31 heavy (non-hydrogen) atoms. The molecule has 0 aromatic heterocycles. The van der Waals surface area contributed by atoms with Crippen LogP contribution in [0.3, 0.4) is 0 Å². The molecule has 3 heterocycles. The van der Waals surface area contributed by atoms with Crippen LogP contribution in [0.15, 0.2) is 0 Å². The lowest BCUT2D eigenvalue weighted by Gasteiger charge is -2.34. The van der Waals surface area contributed by atoms with Crippen LogP contribution in [0.5, 0.6) is 0 Å². The maximum Gasteiger partial charge on any atom is 0.312 e. The summed E-state index contributed by atoms with van der Waals surface area (Å²) in [5.74, 6) is -2.20. The van der Waals surface area contributed by atoms with Crippen molar-refractivity contribution >= 4 is 33.7 Å². The second-order valence-electron chi connectivity index (χ2n) is 8.73. The van der Waals surface area contributed by atoms with Gasteiger partial charge < -0.3 is 24.8 Å². The first-order valence-electron chi connectivity index (χ1n) is 11.6. The largest absolute Gasteiger partial charge is 0.466 e. The highest BCUT2D eigenvalue weighted by molar-refractivity contribution is 9.09. The summed E-state index contributed by atoms with van der Waals surface area (Å²) in [5.41, 5.74) is -1.01. The first-order chi connectivity index (χ1) is 14.9. The Labute approximate surface area is 192 Å². The minimum atomic E-state index is -1.01. The van der Waals surface area contributed by atoms with Crippen molar-refractivity contribution in [3.63, 3.8) is 0 Å². The van der Waals surface area contributed by atoms with E-state index >= 15 is 0 Å². The summed E-state index contributed by atoms with van der Waals surface area (Å²) in [5, 5.41) is 12.0. The molecule has 9 heteroatoms. The van der Waals surface area contributed by atoms with Gasteiger partial charge in [0.25, 0.3) is 0 Å². The number of nitrogens with zero attached hydrogens (tertiary/aromatic N) is 1. The maximum atomic E-state index is 13.6. The molecule has 0 saturated carbocycles. The summed E-state index contributed by atoms with van der Waals surface area (Å²) in [4.78, 5) is 41.2. The number of aliphatic hydroxyl groups is 1. The molecule has 2 N–H and O–H groups in total. The van der Waals surface area contributed by atoms with Gasteiger partial charge >= 0.3 is 5.97 Å². The Morgan fingerprint density at radius 2 is 2.00 bits per heavy atom. The normalized spacial score (nSPS) is 33.6. The van der Waals surface area contributed by atoms with E-state index in [2.05, 4.69) is 28.2 Å². The molecule has 1 spiro atoms. The Bertz CT molecular complexity index is 676. The van der Waals surface area contributed by atoms with Crippen LogP contribution in [0, 0.1) is 11.8 Å². The molecule has 176 valence electrons. The van der Waals surface area contributed by atoms with E-state index in [1.54, 1.807) is 11.8 Å². The maximum absolute atomic E-state index is 13.6. The van der Waals surface area contributed by atoms with Crippen LogP contribution in [-0.2, 0) is 23.9 Å². The lowest BCUT2D eigenvalue weighted by molar-refractivity contribution is -0.154. The molecule has 0 aromatic carbocycles. The minimum absolute atomic E-state index is 0.110. The third kappa shape index (κ3) is 4.50. The highest BCUT2D eigenvalue weighted by atomic mass is 79.9. The number of halogens is 1. The molecule has 6 atom stereocenters. The monoisotopic (exact) mass is 502 g/mol. The quantitative estimate of drug-likeness (QED) is 0.239. The SMILES string of the molecule is CCCCNC(=O)C1N(CCCCCCO)C(=O)[C@@H]2[C@H](C(=O)OCC)[C@H]3OC12CC3Br. The third-order valence-electron chi connectivity index (χ3n) is 6.73. The van der Waals surface area contributed by atoms with Crippen LogP contribution in [0.25, 0.3) is 0 Å². The van der Waals surface area contributed by atoms with Crippen molar-refractivity contribution in [1.82, 2.24) is 10.2 Å². The van der Waals surface area contributed by atoms with Crippen molar-refractivity contribution in [2.24, 2.45) is 11.8 Å². The average Bonchev–Trinajstić information content (AvgIpc) is 3.32. The molecule has 0 aromatic rings. The summed E-state index contributed by atoms with van der Waals surface area (Å²) in [6.07, 6.45) is 5.05. The molecule has 3 unspecified atom stereocenters. The van der Waals surface area contributed by atoms with E-state index in [1.165, 1.54) is 0 Å². The highest BCUT2D eigenvalue weighted by Gasteiger charge is 2.76. The number of unbranched alkanes of at least 4 members (excludes halogenated alkanes) is 4. The van der Waals surface area contributed by atoms with E-state index in [-0.39, 0.29) is 29.9 Å². The molecule has 0 radical (unpaired) electrons. The fourth-order valence-electron chi connectivity index (χ4n) is 5.41. The molecule has 2 bridgehead atoms. The number of hydrogen-bond acceptors (Lipinski definition) is 6. The Morgan fingerprint density at radius 1 is 1.26 bits per heavy atom. The number of ether oxygens (including phenoxy) is 2. The van der Waals surface area contributed by atoms with E-state index in [0.717, 1.165) is 38.5 Å². The predicted molar refractivity (Wildman–Crippen MR) is 118 cm³/mol. The van der Waals surface area contributed by atoms with Gasteiger partial charge in [0, 0.05) is 24.5 Å². The van der Waals surface area contributed by atoms with Crippen molar-refractivity contribution < 1.29 is 29.0 Å². The third-order valence-corrected chi connectivity index (χ3v) is 7.58. The highest BCUT2D eigenvalue weighted by Crippen LogP contribution is 2.60. The van der Waals surface area contributed by atoms with Crippen LogP contribution in [0.1, 0.15) is 58.8 Å². The first kappa shape index (κ1) is 24.5. The number of aliphatic hydroxyl groups excluding tert-OH is 1. The van der Waals surface area contributed by atoms with E-state index in [1.807, 2.05) is 0 Å². The van der Waals surface area contributed by atoms with Gasteiger partial charge in [0.2, 0.25) is 11.8 Å². The molecule has 2 amide bonds. The van der Waals surface area contributed by atoms with Gasteiger partial charge in [0.1, 0.15) is 11.6 Å². The number of nitrogens with one attached hydrogen (secondary N) is 1. The zero-order chi connectivity index (χ0) is 22.6. The standard InChI is InChI=1S/C22H35BrN2O6/c1-3-5-10-24-19(27)18-22-13-14(23)17(31-22)15(21(29)30-4-2)16(22)20(28)25(18)11-8-6-7-9-12-26/h14-18,26H,3-13H2,1-2H3,(H,24,27)/t14?,15-,16-,17-,18?,22?/m0/s1. The topological polar surface area (TPSA) is 105 Å². The number of rotatable bonds is 12. The predicted octanol–water partition coefficient (Wildman–Crippen LogP) is 1.77. The molecule has 3 saturated heterocycles. The summed E-state index contributed by atoms with van der Waals surface area (Å²) in [6, 6.07) is -0.746. The smallest absolute Gasteiger partial charge is 0.312 e. The van der Waals surface area contributed by atoms with E-state index < -0.39 is 35.6 Å². The number of fused-ring (bicyclic) bond motifs is 1. The van der Waals surface area contributed by atoms with Crippen molar-refractivity contribution in [2.45, 2.75) is 81.4 Å². The molecule has 3 fully saturated rings. The molecule has 8 nitrogen and oxygen atoms in total. The van der Waals surface area contributed by atoms with Crippen LogP contribution < -0.4 is 5.32 Å². The second-order valence-corrected chi connectivity index (χ2v) is 9.91. The lowest BCUT2D eigenvalue weighted by atomic mass is 9.70. The number of likely N-dealkylation sites (tertiary alicyclic amines) is 1.